The molecule has 0 saturated heterocycles. The molecule has 0 saturated carbocycles. The van der Waals surface area contributed by atoms with E-state index >= 15 is 0 Å². The molecule has 1 N–H and O–H groups in total. The molecule has 0 heterocycles. The van der Waals surface area contributed by atoms with E-state index in [-0.39, 0.29) is 6.09 Å². The van der Waals surface area contributed by atoms with Gasteiger partial charge in [-0.1, -0.05) is 74.0 Å². The van der Waals surface area contributed by atoms with Crippen LogP contribution < -0.4 is 5.32 Å². The van der Waals surface area contributed by atoms with Crippen molar-refractivity contribution in [1.82, 2.24) is 5.32 Å². The van der Waals surface area contributed by atoms with Gasteiger partial charge in [0, 0.05) is 0 Å². The van der Waals surface area contributed by atoms with Crippen LogP contribution in [0.1, 0.15) is 37.8 Å². The van der Waals surface area contributed by atoms with Gasteiger partial charge in [0.25, 0.3) is 0 Å². The molecule has 0 aliphatic carbocycles. The Labute approximate surface area is 138 Å². The van der Waals surface area contributed by atoms with Crippen LogP contribution in [0.25, 0.3) is 0 Å². The monoisotopic (exact) mass is 311 g/mol. The van der Waals surface area contributed by atoms with E-state index in [0.29, 0.717) is 6.61 Å². The third-order valence-corrected chi connectivity index (χ3v) is 3.97. The maximum Gasteiger partial charge on any atom is 0.407 e. The highest BCUT2D eigenvalue weighted by Crippen LogP contribution is 2.31. The quantitative estimate of drug-likeness (QED) is 0.807. The van der Waals surface area contributed by atoms with Crippen molar-refractivity contribution in [1.29, 1.82) is 0 Å². The SMILES string of the molecule is CCCC(Cc1ccccc1)(NC(=O)OCC)c1ccccc1. The average molecular weight is 311 g/mol. The average Bonchev–Trinajstić information content (AvgIpc) is 2.57. The normalized spacial score (nSPS) is 13.1. The summed E-state index contributed by atoms with van der Waals surface area (Å²) in [5, 5.41) is 3.14. The summed E-state index contributed by atoms with van der Waals surface area (Å²) in [6.45, 7) is 4.32. The number of alkyl carbamates (subject to hydrolysis) is 1. The number of ether oxygens (including phenoxy) is 1. The predicted molar refractivity (Wildman–Crippen MR) is 93.3 cm³/mol. The summed E-state index contributed by atoms with van der Waals surface area (Å²) in [6.07, 6.45) is 2.20. The summed E-state index contributed by atoms with van der Waals surface area (Å²) in [4.78, 5) is 12.2. The van der Waals surface area contributed by atoms with Crippen molar-refractivity contribution in [3.05, 3.63) is 71.8 Å². The van der Waals surface area contributed by atoms with Crippen LogP contribution in [-0.4, -0.2) is 12.7 Å². The molecule has 1 unspecified atom stereocenters. The number of amides is 1. The molecular formula is C20H25NO2. The Morgan fingerprint density at radius 2 is 1.61 bits per heavy atom. The van der Waals surface area contributed by atoms with Crippen LogP contribution in [0.5, 0.6) is 0 Å². The molecule has 1 atom stereocenters. The molecule has 122 valence electrons. The molecule has 2 aromatic carbocycles. The van der Waals surface area contributed by atoms with Crippen LogP contribution in [0, 0.1) is 0 Å². The van der Waals surface area contributed by atoms with Crippen LogP contribution in [0.2, 0.25) is 0 Å². The third kappa shape index (κ3) is 4.59. The second-order valence-electron chi connectivity index (χ2n) is 5.71. The van der Waals surface area contributed by atoms with Gasteiger partial charge in [0.05, 0.1) is 12.1 Å². The van der Waals surface area contributed by atoms with Crippen molar-refractivity contribution in [2.24, 2.45) is 0 Å². The summed E-state index contributed by atoms with van der Waals surface area (Å²) in [7, 11) is 0. The number of benzene rings is 2. The van der Waals surface area contributed by atoms with Gasteiger partial charge >= 0.3 is 6.09 Å². The van der Waals surface area contributed by atoms with Crippen molar-refractivity contribution in [2.75, 3.05) is 6.61 Å². The largest absolute Gasteiger partial charge is 0.450 e. The summed E-state index contributed by atoms with van der Waals surface area (Å²) in [5.74, 6) is 0. The molecule has 0 aromatic heterocycles. The first-order valence-corrected chi connectivity index (χ1v) is 8.24. The van der Waals surface area contributed by atoms with Gasteiger partial charge in [0.1, 0.15) is 0 Å². The van der Waals surface area contributed by atoms with E-state index in [4.69, 9.17) is 4.74 Å². The van der Waals surface area contributed by atoms with Gasteiger partial charge in [-0.2, -0.15) is 0 Å². The third-order valence-electron chi connectivity index (χ3n) is 3.97. The lowest BCUT2D eigenvalue weighted by molar-refractivity contribution is 0.134. The molecule has 23 heavy (non-hydrogen) atoms. The Hall–Kier alpha value is -2.29. The van der Waals surface area contributed by atoms with Gasteiger partial charge in [0.15, 0.2) is 0 Å². The number of hydrogen-bond donors (Lipinski definition) is 1. The van der Waals surface area contributed by atoms with E-state index in [1.807, 2.05) is 43.3 Å². The standard InChI is InChI=1S/C20H25NO2/c1-3-15-20(21-19(22)23-4-2,18-13-9-6-10-14-18)16-17-11-7-5-8-12-17/h5-14H,3-4,15-16H2,1-2H3,(H,21,22). The summed E-state index contributed by atoms with van der Waals surface area (Å²) < 4.78 is 5.15. The zero-order valence-corrected chi connectivity index (χ0v) is 13.9. The minimum absolute atomic E-state index is 0.360. The molecular weight excluding hydrogens is 286 g/mol. The Morgan fingerprint density at radius 1 is 1.00 bits per heavy atom. The number of rotatable bonds is 7. The highest BCUT2D eigenvalue weighted by Gasteiger charge is 2.33. The number of hydrogen-bond acceptors (Lipinski definition) is 2. The second-order valence-corrected chi connectivity index (χ2v) is 5.71. The zero-order chi connectivity index (χ0) is 16.5. The van der Waals surface area contributed by atoms with E-state index in [1.165, 1.54) is 5.56 Å². The maximum atomic E-state index is 12.2. The smallest absolute Gasteiger partial charge is 0.407 e. The fourth-order valence-corrected chi connectivity index (χ4v) is 3.00. The molecule has 3 nitrogen and oxygen atoms in total. The van der Waals surface area contributed by atoms with Gasteiger partial charge in [-0.05, 0) is 30.9 Å². The van der Waals surface area contributed by atoms with E-state index in [0.717, 1.165) is 24.8 Å². The Bertz CT molecular complexity index is 598. The van der Waals surface area contributed by atoms with E-state index in [9.17, 15) is 4.79 Å². The van der Waals surface area contributed by atoms with E-state index < -0.39 is 5.54 Å². The van der Waals surface area contributed by atoms with E-state index in [1.54, 1.807) is 0 Å². The van der Waals surface area contributed by atoms with Crippen LogP contribution in [-0.2, 0) is 16.7 Å². The van der Waals surface area contributed by atoms with Crippen LogP contribution in [0.4, 0.5) is 4.79 Å². The van der Waals surface area contributed by atoms with Gasteiger partial charge in [-0.15, -0.1) is 0 Å². The first-order valence-electron chi connectivity index (χ1n) is 8.24. The molecule has 0 radical (unpaired) electrons. The molecule has 1 amide bonds. The topological polar surface area (TPSA) is 38.3 Å². The van der Waals surface area contributed by atoms with Crippen molar-refractivity contribution in [3.63, 3.8) is 0 Å². The lowest BCUT2D eigenvalue weighted by atomic mass is 9.80. The van der Waals surface area contributed by atoms with Crippen LogP contribution >= 0.6 is 0 Å². The fraction of sp³-hybridized carbons (Fsp3) is 0.350. The van der Waals surface area contributed by atoms with Crippen molar-refractivity contribution >= 4 is 6.09 Å². The second kappa shape index (κ2) is 8.37. The highest BCUT2D eigenvalue weighted by molar-refractivity contribution is 5.69. The molecule has 2 rings (SSSR count). The van der Waals surface area contributed by atoms with Crippen LogP contribution in [0.15, 0.2) is 60.7 Å². The maximum absolute atomic E-state index is 12.2. The lowest BCUT2D eigenvalue weighted by Crippen LogP contribution is -2.47. The molecule has 0 fully saturated rings. The predicted octanol–water partition coefficient (Wildman–Crippen LogP) is 4.67. The minimum atomic E-state index is -0.455. The number of carbonyl (C=O) groups excluding carboxylic acids is 1. The van der Waals surface area contributed by atoms with Gasteiger partial charge in [-0.25, -0.2) is 4.79 Å². The first kappa shape index (κ1) is 17.1. The van der Waals surface area contributed by atoms with Gasteiger partial charge in [0.2, 0.25) is 0 Å². The highest BCUT2D eigenvalue weighted by atomic mass is 16.5. The molecule has 0 bridgehead atoms. The lowest BCUT2D eigenvalue weighted by Gasteiger charge is -2.35. The van der Waals surface area contributed by atoms with Gasteiger partial charge < -0.3 is 10.1 Å². The summed E-state index contributed by atoms with van der Waals surface area (Å²) in [6, 6.07) is 20.4. The molecule has 3 heteroatoms. The van der Waals surface area contributed by atoms with Crippen molar-refractivity contribution < 1.29 is 9.53 Å². The fourth-order valence-electron chi connectivity index (χ4n) is 3.00. The molecule has 0 aliphatic heterocycles. The minimum Gasteiger partial charge on any atom is -0.450 e. The summed E-state index contributed by atoms with van der Waals surface area (Å²) >= 11 is 0. The first-order chi connectivity index (χ1) is 11.2. The van der Waals surface area contributed by atoms with Crippen LogP contribution in [0.3, 0.4) is 0 Å². The van der Waals surface area contributed by atoms with E-state index in [2.05, 4.69) is 36.5 Å². The molecule has 0 spiro atoms. The summed E-state index contributed by atoms with van der Waals surface area (Å²) in [5.41, 5.74) is 1.85. The number of nitrogens with one attached hydrogen (secondary N) is 1. The van der Waals surface area contributed by atoms with Crippen molar-refractivity contribution in [3.8, 4) is 0 Å². The number of carbonyl (C=O) groups is 1. The Kier molecular flexibility index (Phi) is 6.21. The van der Waals surface area contributed by atoms with Crippen molar-refractivity contribution in [2.45, 2.75) is 38.6 Å². The zero-order valence-electron chi connectivity index (χ0n) is 13.9. The molecule has 2 aromatic rings. The molecule has 0 aliphatic rings. The Morgan fingerprint density at radius 3 is 2.17 bits per heavy atom. The Balaban J connectivity index is 2.39. The van der Waals surface area contributed by atoms with Gasteiger partial charge in [-0.3, -0.25) is 0 Å².